The van der Waals surface area contributed by atoms with E-state index in [1.807, 2.05) is 24.3 Å². The Morgan fingerprint density at radius 3 is 3.00 bits per heavy atom. The zero-order valence-corrected chi connectivity index (χ0v) is 9.83. The molecular formula is C12H13N3O3. The smallest absolute Gasteiger partial charge is 0.176 e. The average Bonchev–Trinajstić information content (AvgIpc) is 2.71. The second-order valence-corrected chi connectivity index (χ2v) is 3.52. The van der Waals surface area contributed by atoms with Crippen LogP contribution in [-0.2, 0) is 9.68 Å². The van der Waals surface area contributed by atoms with Crippen LogP contribution in [0.15, 0.2) is 36.3 Å². The topological polar surface area (TPSA) is 71.2 Å². The van der Waals surface area contributed by atoms with Crippen LogP contribution in [-0.4, -0.2) is 24.2 Å². The molecule has 0 unspecified atom stereocenters. The summed E-state index contributed by atoms with van der Waals surface area (Å²) < 4.78 is 4.85. The summed E-state index contributed by atoms with van der Waals surface area (Å²) in [6, 6.07) is 7.32. The summed E-state index contributed by atoms with van der Waals surface area (Å²) in [7, 11) is 1.59. The molecule has 3 N–H and O–H groups in total. The summed E-state index contributed by atoms with van der Waals surface area (Å²) >= 11 is 0. The quantitative estimate of drug-likeness (QED) is 0.753. The van der Waals surface area contributed by atoms with E-state index < -0.39 is 0 Å². The van der Waals surface area contributed by atoms with E-state index in [-0.39, 0.29) is 5.82 Å². The predicted molar refractivity (Wildman–Crippen MR) is 64.7 cm³/mol. The molecule has 0 amide bonds. The van der Waals surface area contributed by atoms with Crippen molar-refractivity contribution in [1.82, 2.24) is 5.23 Å². The number of benzene rings is 1. The van der Waals surface area contributed by atoms with Crippen LogP contribution in [0, 0.1) is 11.8 Å². The van der Waals surface area contributed by atoms with Gasteiger partial charge in [0.15, 0.2) is 5.82 Å². The SMILES string of the molecule is COCC#Cc1cccc(N2C=C(N)N(O)O2)c1. The van der Waals surface area contributed by atoms with Crippen molar-refractivity contribution in [3.8, 4) is 11.8 Å². The molecule has 1 aliphatic rings. The van der Waals surface area contributed by atoms with Crippen LogP contribution >= 0.6 is 0 Å². The minimum Gasteiger partial charge on any atom is -0.380 e. The van der Waals surface area contributed by atoms with Gasteiger partial charge in [-0.3, -0.25) is 5.21 Å². The summed E-state index contributed by atoms with van der Waals surface area (Å²) in [6.45, 7) is 0.377. The van der Waals surface area contributed by atoms with Crippen LogP contribution in [0.4, 0.5) is 5.69 Å². The van der Waals surface area contributed by atoms with Crippen molar-refractivity contribution in [2.75, 3.05) is 18.8 Å². The first-order chi connectivity index (χ1) is 8.70. The van der Waals surface area contributed by atoms with Gasteiger partial charge in [0.25, 0.3) is 0 Å². The summed E-state index contributed by atoms with van der Waals surface area (Å²) in [4.78, 5) is 4.97. The first-order valence-corrected chi connectivity index (χ1v) is 5.22. The largest absolute Gasteiger partial charge is 0.380 e. The number of ether oxygens (including phenoxy) is 1. The predicted octanol–water partition coefficient (Wildman–Crippen LogP) is 0.800. The van der Waals surface area contributed by atoms with E-state index in [2.05, 4.69) is 11.8 Å². The fraction of sp³-hybridized carbons (Fsp3) is 0.167. The number of methoxy groups -OCH3 is 1. The second-order valence-electron chi connectivity index (χ2n) is 3.52. The second kappa shape index (κ2) is 5.42. The van der Waals surface area contributed by atoms with Crippen LogP contribution in [0.25, 0.3) is 0 Å². The van der Waals surface area contributed by atoms with Crippen molar-refractivity contribution in [2.24, 2.45) is 5.73 Å². The van der Waals surface area contributed by atoms with Gasteiger partial charge in [-0.25, -0.2) is 0 Å². The number of anilines is 1. The van der Waals surface area contributed by atoms with Crippen LogP contribution in [0.5, 0.6) is 0 Å². The summed E-state index contributed by atoms with van der Waals surface area (Å²) in [5, 5.41) is 11.0. The molecule has 0 spiro atoms. The molecule has 0 saturated heterocycles. The first-order valence-electron chi connectivity index (χ1n) is 5.22. The highest BCUT2D eigenvalue weighted by Gasteiger charge is 2.19. The van der Waals surface area contributed by atoms with Gasteiger partial charge in [-0.05, 0) is 18.2 Å². The lowest BCUT2D eigenvalue weighted by Gasteiger charge is -2.15. The van der Waals surface area contributed by atoms with Crippen LogP contribution in [0.1, 0.15) is 5.56 Å². The van der Waals surface area contributed by atoms with Gasteiger partial charge in [0.2, 0.25) is 0 Å². The molecule has 1 aromatic rings. The zero-order valence-electron chi connectivity index (χ0n) is 9.83. The van der Waals surface area contributed by atoms with Crippen molar-refractivity contribution in [2.45, 2.75) is 0 Å². The molecule has 0 saturated carbocycles. The van der Waals surface area contributed by atoms with Crippen molar-refractivity contribution in [1.29, 1.82) is 0 Å². The standard InChI is InChI=1S/C12H13N3O3/c1-17-7-3-5-10-4-2-6-11(8-10)14-9-12(13)15(16)18-14/h2,4,6,8-9,16H,7,13H2,1H3. The monoisotopic (exact) mass is 247 g/mol. The molecule has 0 radical (unpaired) electrons. The number of nitrogens with zero attached hydrogens (tertiary/aromatic N) is 2. The lowest BCUT2D eigenvalue weighted by Crippen LogP contribution is -2.22. The number of rotatable bonds is 2. The van der Waals surface area contributed by atoms with Gasteiger partial charge in [0, 0.05) is 12.7 Å². The van der Waals surface area contributed by atoms with Crippen molar-refractivity contribution in [3.05, 3.63) is 41.8 Å². The molecule has 0 aromatic heterocycles. The molecule has 2 rings (SSSR count). The molecule has 18 heavy (non-hydrogen) atoms. The maximum Gasteiger partial charge on any atom is 0.176 e. The maximum absolute atomic E-state index is 9.20. The zero-order chi connectivity index (χ0) is 13.0. The lowest BCUT2D eigenvalue weighted by atomic mass is 10.2. The molecule has 0 bridgehead atoms. The fourth-order valence-corrected chi connectivity index (χ4v) is 1.38. The third-order valence-electron chi connectivity index (χ3n) is 2.19. The van der Waals surface area contributed by atoms with Gasteiger partial charge < -0.3 is 10.5 Å². The number of hydrogen-bond acceptors (Lipinski definition) is 6. The molecule has 0 fully saturated rings. The average molecular weight is 247 g/mol. The van der Waals surface area contributed by atoms with Gasteiger partial charge >= 0.3 is 0 Å². The Morgan fingerprint density at radius 2 is 2.33 bits per heavy atom. The van der Waals surface area contributed by atoms with Crippen LogP contribution in [0.2, 0.25) is 0 Å². The third kappa shape index (κ3) is 2.73. The Morgan fingerprint density at radius 1 is 1.50 bits per heavy atom. The van der Waals surface area contributed by atoms with Gasteiger partial charge in [-0.2, -0.15) is 5.06 Å². The molecule has 0 atom stereocenters. The van der Waals surface area contributed by atoms with E-state index in [1.54, 1.807) is 7.11 Å². The normalized spacial score (nSPS) is 14.2. The molecule has 94 valence electrons. The highest BCUT2D eigenvalue weighted by molar-refractivity contribution is 5.53. The van der Waals surface area contributed by atoms with Crippen LogP contribution in [0.3, 0.4) is 0 Å². The van der Waals surface area contributed by atoms with Crippen LogP contribution < -0.4 is 10.8 Å². The van der Waals surface area contributed by atoms with E-state index >= 15 is 0 Å². The summed E-state index contributed by atoms with van der Waals surface area (Å²) in [5.41, 5.74) is 6.99. The van der Waals surface area contributed by atoms with Gasteiger partial charge in [-0.1, -0.05) is 23.1 Å². The van der Waals surface area contributed by atoms with Crippen molar-refractivity contribution < 1.29 is 14.9 Å². The third-order valence-corrected chi connectivity index (χ3v) is 2.19. The molecular weight excluding hydrogens is 234 g/mol. The molecule has 6 heteroatoms. The van der Waals surface area contributed by atoms with Gasteiger partial charge in [-0.15, -0.1) is 4.94 Å². The highest BCUT2D eigenvalue weighted by atomic mass is 17.0. The van der Waals surface area contributed by atoms with Crippen molar-refractivity contribution in [3.63, 3.8) is 0 Å². The maximum atomic E-state index is 9.20. The first kappa shape index (κ1) is 12.3. The Hall–Kier alpha value is -2.20. The van der Waals surface area contributed by atoms with E-state index in [9.17, 15) is 5.21 Å². The van der Waals surface area contributed by atoms with Crippen molar-refractivity contribution >= 4 is 5.69 Å². The Bertz CT molecular complexity index is 519. The Labute approximate surface area is 105 Å². The lowest BCUT2D eigenvalue weighted by molar-refractivity contribution is -0.304. The Kier molecular flexibility index (Phi) is 3.69. The molecule has 1 aromatic carbocycles. The minimum absolute atomic E-state index is 0.103. The van der Waals surface area contributed by atoms with E-state index in [1.165, 1.54) is 11.3 Å². The highest BCUT2D eigenvalue weighted by Crippen LogP contribution is 2.22. The summed E-state index contributed by atoms with van der Waals surface area (Å²) in [6.07, 6.45) is 1.46. The molecule has 1 heterocycles. The Balaban J connectivity index is 2.16. The van der Waals surface area contributed by atoms with E-state index in [0.29, 0.717) is 17.5 Å². The molecule has 0 aliphatic carbocycles. The van der Waals surface area contributed by atoms with Gasteiger partial charge in [0.1, 0.15) is 6.61 Å². The minimum atomic E-state index is 0.103. The fourth-order valence-electron chi connectivity index (χ4n) is 1.38. The molecule has 6 nitrogen and oxygen atoms in total. The van der Waals surface area contributed by atoms with Gasteiger partial charge in [0.05, 0.1) is 11.9 Å². The number of nitrogens with two attached hydrogens (primary N) is 1. The molecule has 1 aliphatic heterocycles. The van der Waals surface area contributed by atoms with E-state index in [4.69, 9.17) is 15.4 Å². The number of hydroxylamine groups is 3. The number of hydrogen-bond donors (Lipinski definition) is 2. The summed E-state index contributed by atoms with van der Waals surface area (Å²) in [5.74, 6) is 5.90. The van der Waals surface area contributed by atoms with E-state index in [0.717, 1.165) is 5.56 Å².